The Morgan fingerprint density at radius 2 is 1.06 bits per heavy atom. The third-order valence-corrected chi connectivity index (χ3v) is 5.63. The van der Waals surface area contributed by atoms with Crippen molar-refractivity contribution < 1.29 is 31.1 Å². The lowest BCUT2D eigenvalue weighted by Crippen LogP contribution is -2.30. The third-order valence-electron chi connectivity index (χ3n) is 5.63. The standard InChI is InChI=1S/C22H20F6N4O/c23-21(24,25)19(29-30-19)17-9-5-15(6-10-17)4-2-1-3-13-33-14-16-7-11-18(12-8-16)20(31-32-20)22(26,27)28/h5-12H,1-4,13-14H2. The number of rotatable bonds is 10. The van der Waals surface area contributed by atoms with Gasteiger partial charge in [0.05, 0.1) is 6.61 Å². The fourth-order valence-electron chi connectivity index (χ4n) is 3.52. The topological polar surface area (TPSA) is 58.7 Å². The fraction of sp³-hybridized carbons (Fsp3) is 0.455. The van der Waals surface area contributed by atoms with E-state index in [2.05, 4.69) is 20.5 Å². The van der Waals surface area contributed by atoms with Gasteiger partial charge in [0.25, 0.3) is 0 Å². The zero-order valence-electron chi connectivity index (χ0n) is 17.3. The Hall–Kier alpha value is -2.82. The summed E-state index contributed by atoms with van der Waals surface area (Å²) in [6, 6.07) is 12.0. The molecule has 0 saturated carbocycles. The first kappa shape index (κ1) is 23.3. The van der Waals surface area contributed by atoms with Gasteiger partial charge in [-0.25, -0.2) is 0 Å². The number of hydrogen-bond acceptors (Lipinski definition) is 5. The lowest BCUT2D eigenvalue weighted by molar-refractivity contribution is -0.166. The smallest absolute Gasteiger partial charge is 0.377 e. The minimum atomic E-state index is -4.54. The van der Waals surface area contributed by atoms with Crippen LogP contribution in [0, 0.1) is 0 Å². The number of halogens is 6. The van der Waals surface area contributed by atoms with Gasteiger partial charge in [0.15, 0.2) is 0 Å². The van der Waals surface area contributed by atoms with E-state index in [1.165, 1.54) is 24.3 Å². The molecule has 0 amide bonds. The number of nitrogens with zero attached hydrogens (tertiary/aromatic N) is 4. The van der Waals surface area contributed by atoms with Crippen LogP contribution in [0.1, 0.15) is 41.5 Å². The van der Waals surface area contributed by atoms with Crippen LogP contribution in [0.2, 0.25) is 0 Å². The van der Waals surface area contributed by atoms with Crippen molar-refractivity contribution in [2.24, 2.45) is 20.5 Å². The van der Waals surface area contributed by atoms with Crippen LogP contribution in [0.25, 0.3) is 0 Å². The maximum Gasteiger partial charge on any atom is 0.442 e. The third kappa shape index (κ3) is 4.78. The maximum atomic E-state index is 13.0. The first-order chi connectivity index (χ1) is 15.6. The summed E-state index contributed by atoms with van der Waals surface area (Å²) in [7, 11) is 0. The van der Waals surface area contributed by atoms with Gasteiger partial charge in [0, 0.05) is 17.7 Å². The molecule has 0 radical (unpaired) electrons. The van der Waals surface area contributed by atoms with Crippen molar-refractivity contribution in [3.8, 4) is 0 Å². The van der Waals surface area contributed by atoms with E-state index in [0.717, 1.165) is 36.8 Å². The molecule has 2 aliphatic rings. The molecular formula is C22H20F6N4O. The molecule has 0 aromatic heterocycles. The summed E-state index contributed by atoms with van der Waals surface area (Å²) in [5, 5.41) is 12.7. The van der Waals surface area contributed by atoms with E-state index in [9.17, 15) is 26.3 Å². The number of unbranched alkanes of at least 4 members (excludes halogenated alkanes) is 2. The minimum absolute atomic E-state index is 0.0127. The first-order valence-corrected chi connectivity index (χ1v) is 10.4. The van der Waals surface area contributed by atoms with Gasteiger partial charge in [-0.05, 0) is 30.4 Å². The molecule has 2 aromatic rings. The lowest BCUT2D eigenvalue weighted by Gasteiger charge is -2.15. The molecule has 33 heavy (non-hydrogen) atoms. The summed E-state index contributed by atoms with van der Waals surface area (Å²) in [6.07, 6.45) is -5.82. The van der Waals surface area contributed by atoms with Crippen LogP contribution in [0.3, 0.4) is 0 Å². The Labute approximate surface area is 185 Å². The quantitative estimate of drug-likeness (QED) is 0.273. The van der Waals surface area contributed by atoms with E-state index in [0.29, 0.717) is 6.61 Å². The first-order valence-electron chi connectivity index (χ1n) is 10.4. The number of benzene rings is 2. The number of hydrogen-bond donors (Lipinski definition) is 0. The van der Waals surface area contributed by atoms with Crippen molar-refractivity contribution >= 4 is 0 Å². The van der Waals surface area contributed by atoms with E-state index in [-0.39, 0.29) is 17.7 Å². The van der Waals surface area contributed by atoms with Crippen LogP contribution < -0.4 is 0 Å². The van der Waals surface area contributed by atoms with Crippen LogP contribution in [0.5, 0.6) is 0 Å². The summed E-state index contributed by atoms with van der Waals surface area (Å²) >= 11 is 0. The van der Waals surface area contributed by atoms with Gasteiger partial charge in [-0.2, -0.15) is 26.3 Å². The SMILES string of the molecule is FC(F)(F)C1(c2ccc(CCCCCOCc3ccc(C4(C(F)(F)F)N=N4)cc3)cc2)N=N1. The summed E-state index contributed by atoms with van der Waals surface area (Å²) < 4.78 is 83.6. The Morgan fingerprint density at radius 3 is 1.48 bits per heavy atom. The molecule has 176 valence electrons. The second-order valence-electron chi connectivity index (χ2n) is 8.00. The number of aryl methyl sites for hydroxylation is 1. The van der Waals surface area contributed by atoms with Gasteiger partial charge in [-0.15, -0.1) is 20.5 Å². The molecule has 2 heterocycles. The normalized spacial score (nSPS) is 17.9. The van der Waals surface area contributed by atoms with Crippen LogP contribution in [-0.4, -0.2) is 19.0 Å². The Kier molecular flexibility index (Phi) is 6.02. The monoisotopic (exact) mass is 470 g/mol. The maximum absolute atomic E-state index is 13.0. The minimum Gasteiger partial charge on any atom is -0.377 e. The van der Waals surface area contributed by atoms with Gasteiger partial charge < -0.3 is 4.74 Å². The van der Waals surface area contributed by atoms with Crippen molar-refractivity contribution in [2.45, 2.75) is 56.0 Å². The van der Waals surface area contributed by atoms with Gasteiger partial charge in [0.1, 0.15) is 0 Å². The second-order valence-corrected chi connectivity index (χ2v) is 8.00. The molecule has 0 saturated heterocycles. The average Bonchev–Trinajstić information content (AvgIpc) is 3.66. The Balaban J connectivity index is 1.12. The van der Waals surface area contributed by atoms with Crippen molar-refractivity contribution in [1.82, 2.24) is 0 Å². The molecule has 0 N–H and O–H groups in total. The van der Waals surface area contributed by atoms with Crippen LogP contribution >= 0.6 is 0 Å². The molecule has 11 heteroatoms. The zero-order chi connectivity index (χ0) is 23.7. The van der Waals surface area contributed by atoms with Gasteiger partial charge in [-0.1, -0.05) is 55.0 Å². The van der Waals surface area contributed by atoms with Crippen LogP contribution in [0.4, 0.5) is 26.3 Å². The highest BCUT2D eigenvalue weighted by atomic mass is 19.4. The van der Waals surface area contributed by atoms with E-state index < -0.39 is 23.7 Å². The van der Waals surface area contributed by atoms with Gasteiger partial charge >= 0.3 is 23.7 Å². The molecule has 0 bridgehead atoms. The molecule has 2 aromatic carbocycles. The fourth-order valence-corrected chi connectivity index (χ4v) is 3.52. The molecule has 4 rings (SSSR count). The molecule has 0 atom stereocenters. The van der Waals surface area contributed by atoms with E-state index in [1.54, 1.807) is 24.3 Å². The molecule has 0 spiro atoms. The summed E-state index contributed by atoms with van der Waals surface area (Å²) in [5.74, 6) is 0. The Morgan fingerprint density at radius 1 is 0.606 bits per heavy atom. The van der Waals surface area contributed by atoms with Crippen molar-refractivity contribution in [3.05, 3.63) is 70.8 Å². The summed E-state index contributed by atoms with van der Waals surface area (Å²) in [5.41, 5.74) is -3.09. The zero-order valence-corrected chi connectivity index (χ0v) is 17.3. The number of ether oxygens (including phenoxy) is 1. The van der Waals surface area contributed by atoms with Crippen molar-refractivity contribution in [2.75, 3.05) is 6.61 Å². The number of alkyl halides is 6. The van der Waals surface area contributed by atoms with E-state index in [1.807, 2.05) is 0 Å². The highest BCUT2D eigenvalue weighted by Gasteiger charge is 2.65. The van der Waals surface area contributed by atoms with E-state index >= 15 is 0 Å². The van der Waals surface area contributed by atoms with Gasteiger partial charge in [-0.3, -0.25) is 0 Å². The predicted molar refractivity (Wildman–Crippen MR) is 105 cm³/mol. The predicted octanol–water partition coefficient (Wildman–Crippen LogP) is 6.98. The summed E-state index contributed by atoms with van der Waals surface area (Å²) in [6.45, 7) is 0.779. The molecule has 2 aliphatic heterocycles. The average molecular weight is 470 g/mol. The summed E-state index contributed by atoms with van der Waals surface area (Å²) in [4.78, 5) is 0. The molecular weight excluding hydrogens is 450 g/mol. The van der Waals surface area contributed by atoms with Crippen LogP contribution in [0.15, 0.2) is 69.0 Å². The van der Waals surface area contributed by atoms with E-state index in [4.69, 9.17) is 4.74 Å². The van der Waals surface area contributed by atoms with Gasteiger partial charge in [0.2, 0.25) is 0 Å². The lowest BCUT2D eigenvalue weighted by atomic mass is 9.99. The van der Waals surface area contributed by atoms with Crippen molar-refractivity contribution in [3.63, 3.8) is 0 Å². The molecule has 0 unspecified atom stereocenters. The highest BCUT2D eigenvalue weighted by molar-refractivity contribution is 5.33. The molecule has 0 aliphatic carbocycles. The largest absolute Gasteiger partial charge is 0.442 e. The van der Waals surface area contributed by atoms with Crippen molar-refractivity contribution in [1.29, 1.82) is 0 Å². The molecule has 0 fully saturated rings. The Bertz CT molecular complexity index is 933. The van der Waals surface area contributed by atoms with Crippen LogP contribution in [-0.2, 0) is 29.1 Å². The highest BCUT2D eigenvalue weighted by Crippen LogP contribution is 2.53. The second kappa shape index (κ2) is 8.51. The molecule has 5 nitrogen and oxygen atoms in total.